The quantitative estimate of drug-likeness (QED) is 0.864. The molecule has 0 saturated carbocycles. The highest BCUT2D eigenvalue weighted by Gasteiger charge is 2.29. The molecule has 2 aliphatic rings. The lowest BCUT2D eigenvalue weighted by molar-refractivity contribution is 0.230. The molecule has 1 N–H and O–H groups in total. The fraction of sp³-hybridized carbons (Fsp3) is 0.647. The molecule has 21 heavy (non-hydrogen) atoms. The molecule has 0 aromatic carbocycles. The number of thiophene rings is 1. The van der Waals surface area contributed by atoms with E-state index < -0.39 is 0 Å². The van der Waals surface area contributed by atoms with Gasteiger partial charge in [0.05, 0.1) is 11.5 Å². The molecular formula is C17H24N2OS. The van der Waals surface area contributed by atoms with Gasteiger partial charge < -0.3 is 5.11 Å². The van der Waals surface area contributed by atoms with Crippen LogP contribution in [0.1, 0.15) is 35.4 Å². The lowest BCUT2D eigenvalue weighted by atomic mass is 10.2. The number of aliphatic hydroxyl groups is 1. The summed E-state index contributed by atoms with van der Waals surface area (Å²) in [5, 5.41) is 8.74. The van der Waals surface area contributed by atoms with Crippen LogP contribution in [0.4, 0.5) is 0 Å². The molecule has 1 aromatic heterocycles. The van der Waals surface area contributed by atoms with Gasteiger partial charge in [-0.3, -0.25) is 9.80 Å². The second-order valence-electron chi connectivity index (χ2n) is 5.96. The molecule has 3 nitrogen and oxygen atoms in total. The van der Waals surface area contributed by atoms with E-state index in [9.17, 15) is 0 Å². The second-order valence-corrected chi connectivity index (χ2v) is 7.13. The fourth-order valence-corrected chi connectivity index (χ4v) is 4.24. The third kappa shape index (κ3) is 4.08. The SMILES string of the molecule is OCCC#Cc1ccc(CN2CCC(N3CCCC3)C2)s1. The van der Waals surface area contributed by atoms with Gasteiger partial charge in [-0.1, -0.05) is 11.8 Å². The Morgan fingerprint density at radius 1 is 1.24 bits per heavy atom. The van der Waals surface area contributed by atoms with Crippen LogP contribution in [-0.4, -0.2) is 53.7 Å². The average molecular weight is 304 g/mol. The number of rotatable bonds is 4. The summed E-state index contributed by atoms with van der Waals surface area (Å²) < 4.78 is 0. The minimum atomic E-state index is 0.150. The first kappa shape index (κ1) is 15.1. The Balaban J connectivity index is 1.50. The van der Waals surface area contributed by atoms with Gasteiger partial charge in [-0.2, -0.15) is 0 Å². The zero-order chi connectivity index (χ0) is 14.5. The van der Waals surface area contributed by atoms with Crippen molar-refractivity contribution in [1.29, 1.82) is 0 Å². The third-order valence-corrected chi connectivity index (χ3v) is 5.38. The van der Waals surface area contributed by atoms with Crippen molar-refractivity contribution in [2.24, 2.45) is 0 Å². The van der Waals surface area contributed by atoms with Crippen molar-refractivity contribution in [1.82, 2.24) is 9.80 Å². The Hall–Kier alpha value is -0.860. The van der Waals surface area contributed by atoms with Crippen LogP contribution in [0.25, 0.3) is 0 Å². The molecule has 0 bridgehead atoms. The largest absolute Gasteiger partial charge is 0.395 e. The summed E-state index contributed by atoms with van der Waals surface area (Å²) in [5.74, 6) is 6.12. The Bertz CT molecular complexity index is 510. The van der Waals surface area contributed by atoms with Crippen molar-refractivity contribution >= 4 is 11.3 Å². The van der Waals surface area contributed by atoms with Crippen LogP contribution >= 0.6 is 11.3 Å². The smallest absolute Gasteiger partial charge is 0.0771 e. The summed E-state index contributed by atoms with van der Waals surface area (Å²) in [5.41, 5.74) is 0. The minimum Gasteiger partial charge on any atom is -0.395 e. The zero-order valence-electron chi connectivity index (χ0n) is 12.6. The van der Waals surface area contributed by atoms with Crippen LogP contribution in [0.15, 0.2) is 12.1 Å². The molecule has 1 unspecified atom stereocenters. The monoisotopic (exact) mass is 304 g/mol. The van der Waals surface area contributed by atoms with Gasteiger partial charge in [-0.15, -0.1) is 11.3 Å². The summed E-state index contributed by atoms with van der Waals surface area (Å²) >= 11 is 1.79. The summed E-state index contributed by atoms with van der Waals surface area (Å²) in [6.45, 7) is 6.28. The Labute approximate surface area is 131 Å². The molecule has 0 aliphatic carbocycles. The van der Waals surface area contributed by atoms with E-state index in [2.05, 4.69) is 33.8 Å². The van der Waals surface area contributed by atoms with E-state index in [1.54, 1.807) is 11.3 Å². The summed E-state index contributed by atoms with van der Waals surface area (Å²) in [6, 6.07) is 5.10. The molecule has 0 radical (unpaired) electrons. The summed E-state index contributed by atoms with van der Waals surface area (Å²) in [4.78, 5) is 7.79. The normalized spacial score (nSPS) is 23.4. The highest BCUT2D eigenvalue weighted by atomic mass is 32.1. The molecule has 4 heteroatoms. The van der Waals surface area contributed by atoms with E-state index in [4.69, 9.17) is 5.11 Å². The molecule has 1 atom stereocenters. The number of nitrogens with zero attached hydrogens (tertiary/aromatic N) is 2. The van der Waals surface area contributed by atoms with Crippen molar-refractivity contribution in [3.05, 3.63) is 21.9 Å². The fourth-order valence-electron chi connectivity index (χ4n) is 3.32. The van der Waals surface area contributed by atoms with Crippen LogP contribution < -0.4 is 0 Å². The van der Waals surface area contributed by atoms with Gasteiger partial charge in [0.25, 0.3) is 0 Å². The van der Waals surface area contributed by atoms with Gasteiger partial charge in [0.2, 0.25) is 0 Å². The van der Waals surface area contributed by atoms with Crippen molar-refractivity contribution in [3.8, 4) is 11.8 Å². The predicted molar refractivity (Wildman–Crippen MR) is 87.4 cm³/mol. The zero-order valence-corrected chi connectivity index (χ0v) is 13.4. The minimum absolute atomic E-state index is 0.150. The first-order chi connectivity index (χ1) is 10.3. The molecule has 2 aliphatic heterocycles. The van der Waals surface area contributed by atoms with Gasteiger partial charge in [0.1, 0.15) is 0 Å². The molecule has 3 heterocycles. The van der Waals surface area contributed by atoms with Gasteiger partial charge in [0, 0.05) is 37.0 Å². The Morgan fingerprint density at radius 3 is 2.90 bits per heavy atom. The molecule has 3 rings (SSSR count). The first-order valence-electron chi connectivity index (χ1n) is 8.00. The molecule has 2 fully saturated rings. The topological polar surface area (TPSA) is 26.7 Å². The van der Waals surface area contributed by atoms with Crippen molar-refractivity contribution < 1.29 is 5.11 Å². The summed E-state index contributed by atoms with van der Waals surface area (Å²) in [7, 11) is 0. The highest BCUT2D eigenvalue weighted by molar-refractivity contribution is 7.12. The molecule has 1 aromatic rings. The maximum absolute atomic E-state index is 8.74. The lowest BCUT2D eigenvalue weighted by Crippen LogP contribution is -2.35. The van der Waals surface area contributed by atoms with E-state index in [1.165, 1.54) is 50.3 Å². The number of aliphatic hydroxyl groups excluding tert-OH is 1. The van der Waals surface area contributed by atoms with Gasteiger partial charge in [-0.05, 0) is 44.5 Å². The Kier molecular flexibility index (Phi) is 5.32. The maximum atomic E-state index is 8.74. The van der Waals surface area contributed by atoms with Crippen LogP contribution in [0.2, 0.25) is 0 Å². The molecule has 0 spiro atoms. The van der Waals surface area contributed by atoms with Crippen LogP contribution in [0.3, 0.4) is 0 Å². The number of likely N-dealkylation sites (tertiary alicyclic amines) is 2. The molecule has 114 valence electrons. The van der Waals surface area contributed by atoms with E-state index in [-0.39, 0.29) is 6.61 Å². The van der Waals surface area contributed by atoms with E-state index in [0.29, 0.717) is 6.42 Å². The first-order valence-corrected chi connectivity index (χ1v) is 8.81. The highest BCUT2D eigenvalue weighted by Crippen LogP contribution is 2.24. The van der Waals surface area contributed by atoms with Gasteiger partial charge in [0.15, 0.2) is 0 Å². The van der Waals surface area contributed by atoms with Gasteiger partial charge >= 0.3 is 0 Å². The van der Waals surface area contributed by atoms with Crippen LogP contribution in [0, 0.1) is 11.8 Å². The number of hydrogen-bond donors (Lipinski definition) is 1. The van der Waals surface area contributed by atoms with Crippen LogP contribution in [-0.2, 0) is 6.54 Å². The molecular weight excluding hydrogens is 280 g/mol. The van der Waals surface area contributed by atoms with Crippen LogP contribution in [0.5, 0.6) is 0 Å². The second kappa shape index (κ2) is 7.42. The third-order valence-electron chi connectivity index (χ3n) is 4.39. The van der Waals surface area contributed by atoms with Crippen molar-refractivity contribution in [2.45, 2.75) is 38.3 Å². The Morgan fingerprint density at radius 2 is 2.10 bits per heavy atom. The average Bonchev–Trinajstić information content (AvgIpc) is 3.20. The van der Waals surface area contributed by atoms with Crippen molar-refractivity contribution in [2.75, 3.05) is 32.8 Å². The van der Waals surface area contributed by atoms with Crippen molar-refractivity contribution in [3.63, 3.8) is 0 Å². The molecule has 2 saturated heterocycles. The number of hydrogen-bond acceptors (Lipinski definition) is 4. The predicted octanol–water partition coefficient (Wildman–Crippen LogP) is 2.15. The van der Waals surface area contributed by atoms with Gasteiger partial charge in [-0.25, -0.2) is 0 Å². The standard InChI is InChI=1S/C17H24N2OS/c20-12-4-1-5-16-6-7-17(21-16)14-18-11-8-15(13-18)19-9-2-3-10-19/h6-7,15,20H,2-4,8-14H2. The lowest BCUT2D eigenvalue weighted by Gasteiger charge is -2.23. The summed E-state index contributed by atoms with van der Waals surface area (Å²) in [6.07, 6.45) is 4.67. The van der Waals surface area contributed by atoms with E-state index in [0.717, 1.165) is 17.5 Å². The maximum Gasteiger partial charge on any atom is 0.0771 e. The van der Waals surface area contributed by atoms with E-state index >= 15 is 0 Å². The van der Waals surface area contributed by atoms with E-state index in [1.807, 2.05) is 0 Å². The molecule has 0 amide bonds.